The number of rotatable bonds is 4. The number of nitrogens with two attached hydrogens (primary N) is 1. The average molecular weight is 290 g/mol. The fourth-order valence-corrected chi connectivity index (χ4v) is 2.64. The Labute approximate surface area is 125 Å². The molecule has 1 saturated heterocycles. The summed E-state index contributed by atoms with van der Waals surface area (Å²) >= 11 is 0. The molecule has 2 amide bonds. The maximum absolute atomic E-state index is 12.4. The predicted molar refractivity (Wildman–Crippen MR) is 81.8 cm³/mol. The normalized spacial score (nSPS) is 15.7. The summed E-state index contributed by atoms with van der Waals surface area (Å²) in [5.74, 6) is 0.0644. The topological polar surface area (TPSA) is 72.6 Å². The molecule has 114 valence electrons. The van der Waals surface area contributed by atoms with Gasteiger partial charge in [-0.05, 0) is 43.4 Å². The average Bonchev–Trinajstić information content (AvgIpc) is 2.46. The van der Waals surface area contributed by atoms with E-state index in [-0.39, 0.29) is 11.8 Å². The molecular formula is C16H22N2O3. The third-order valence-electron chi connectivity index (χ3n) is 3.80. The van der Waals surface area contributed by atoms with Crippen molar-refractivity contribution in [1.29, 1.82) is 0 Å². The second-order valence-electron chi connectivity index (χ2n) is 5.44. The smallest absolute Gasteiger partial charge is 0.233 e. The molecule has 21 heavy (non-hydrogen) atoms. The van der Waals surface area contributed by atoms with Crippen molar-refractivity contribution in [3.05, 3.63) is 24.3 Å². The Bertz CT molecular complexity index is 510. The van der Waals surface area contributed by atoms with Crippen molar-refractivity contribution < 1.29 is 14.3 Å². The van der Waals surface area contributed by atoms with Gasteiger partial charge >= 0.3 is 0 Å². The first-order chi connectivity index (χ1) is 10.1. The fourth-order valence-electron chi connectivity index (χ4n) is 2.64. The first-order valence-corrected chi connectivity index (χ1v) is 7.34. The molecule has 1 aromatic rings. The molecule has 1 heterocycles. The van der Waals surface area contributed by atoms with Gasteiger partial charge in [0.05, 0.1) is 5.69 Å². The molecule has 0 aliphatic carbocycles. The minimum absolute atomic E-state index is 0.167. The maximum atomic E-state index is 12.4. The quantitative estimate of drug-likeness (QED) is 0.864. The number of nitrogen functional groups attached to an aromatic ring is 1. The monoisotopic (exact) mass is 290 g/mol. The van der Waals surface area contributed by atoms with Crippen molar-refractivity contribution in [1.82, 2.24) is 0 Å². The third-order valence-corrected chi connectivity index (χ3v) is 3.80. The van der Waals surface area contributed by atoms with E-state index in [0.29, 0.717) is 23.7 Å². The number of hydrogen-bond donors (Lipinski definition) is 1. The van der Waals surface area contributed by atoms with Crippen LogP contribution in [0.25, 0.3) is 0 Å². The van der Waals surface area contributed by atoms with Crippen LogP contribution in [0.1, 0.15) is 32.6 Å². The zero-order valence-electron chi connectivity index (χ0n) is 12.4. The molecule has 0 unspecified atom stereocenters. The van der Waals surface area contributed by atoms with Gasteiger partial charge in [0.2, 0.25) is 11.8 Å². The molecule has 5 nitrogen and oxygen atoms in total. The summed E-state index contributed by atoms with van der Waals surface area (Å²) < 4.78 is 5.31. The van der Waals surface area contributed by atoms with Crippen LogP contribution >= 0.6 is 0 Å². The van der Waals surface area contributed by atoms with E-state index < -0.39 is 0 Å². The molecule has 0 atom stereocenters. The summed E-state index contributed by atoms with van der Waals surface area (Å²) in [5.41, 5.74) is 6.80. The van der Waals surface area contributed by atoms with Crippen molar-refractivity contribution in [2.45, 2.75) is 32.6 Å². The summed E-state index contributed by atoms with van der Waals surface area (Å²) in [6, 6.07) is 6.85. The maximum Gasteiger partial charge on any atom is 0.233 e. The fraction of sp³-hybridized carbons (Fsp3) is 0.500. The number of benzene rings is 1. The van der Waals surface area contributed by atoms with Gasteiger partial charge in [-0.15, -0.1) is 0 Å². The lowest BCUT2D eigenvalue weighted by Gasteiger charge is -2.24. The van der Waals surface area contributed by atoms with E-state index in [1.807, 2.05) is 0 Å². The van der Waals surface area contributed by atoms with Crippen molar-refractivity contribution in [3.8, 4) is 0 Å². The van der Waals surface area contributed by atoms with Gasteiger partial charge in [-0.25, -0.2) is 0 Å². The van der Waals surface area contributed by atoms with Crippen molar-refractivity contribution >= 4 is 23.2 Å². The molecule has 0 saturated carbocycles. The zero-order chi connectivity index (χ0) is 15.2. The Morgan fingerprint density at radius 2 is 2.05 bits per heavy atom. The summed E-state index contributed by atoms with van der Waals surface area (Å²) in [6.07, 6.45) is 3.16. The van der Waals surface area contributed by atoms with Crippen LogP contribution in [0.5, 0.6) is 0 Å². The highest BCUT2D eigenvalue weighted by molar-refractivity contribution is 6.14. The second kappa shape index (κ2) is 7.22. The van der Waals surface area contributed by atoms with Crippen molar-refractivity contribution in [2.24, 2.45) is 5.92 Å². The highest BCUT2D eigenvalue weighted by Gasteiger charge is 2.22. The SMILES string of the molecule is CC(=O)N(C(=O)CCC1CCOCC1)c1cccc(N)c1. The van der Waals surface area contributed by atoms with Crippen molar-refractivity contribution in [2.75, 3.05) is 23.8 Å². The first kappa shape index (κ1) is 15.5. The van der Waals surface area contributed by atoms with E-state index in [4.69, 9.17) is 10.5 Å². The number of nitrogens with zero attached hydrogens (tertiary/aromatic N) is 1. The van der Waals surface area contributed by atoms with Gasteiger partial charge in [0, 0.05) is 32.2 Å². The summed E-state index contributed by atoms with van der Waals surface area (Å²) in [7, 11) is 0. The number of carbonyl (C=O) groups is 2. The van der Waals surface area contributed by atoms with Crippen LogP contribution < -0.4 is 10.6 Å². The second-order valence-corrected chi connectivity index (χ2v) is 5.44. The highest BCUT2D eigenvalue weighted by Crippen LogP contribution is 2.23. The Balaban J connectivity index is 2.00. The van der Waals surface area contributed by atoms with Crippen LogP contribution in [0.15, 0.2) is 24.3 Å². The molecule has 0 spiro atoms. The minimum atomic E-state index is -0.280. The molecule has 2 N–H and O–H groups in total. The molecule has 1 fully saturated rings. The van der Waals surface area contributed by atoms with Gasteiger partial charge in [-0.1, -0.05) is 6.07 Å². The van der Waals surface area contributed by atoms with E-state index in [1.165, 1.54) is 11.8 Å². The molecule has 1 aliphatic heterocycles. The Hall–Kier alpha value is -1.88. The number of carbonyl (C=O) groups excluding carboxylic acids is 2. The van der Waals surface area contributed by atoms with Crippen LogP contribution in [0.4, 0.5) is 11.4 Å². The molecular weight excluding hydrogens is 268 g/mol. The van der Waals surface area contributed by atoms with Gasteiger partial charge in [0.25, 0.3) is 0 Å². The lowest BCUT2D eigenvalue weighted by molar-refractivity contribution is -0.125. The van der Waals surface area contributed by atoms with E-state index in [1.54, 1.807) is 24.3 Å². The first-order valence-electron chi connectivity index (χ1n) is 7.34. The summed E-state index contributed by atoms with van der Waals surface area (Å²) in [4.78, 5) is 25.4. The number of ether oxygens (including phenoxy) is 1. The van der Waals surface area contributed by atoms with Crippen LogP contribution in [0.2, 0.25) is 0 Å². The van der Waals surface area contributed by atoms with Crippen molar-refractivity contribution in [3.63, 3.8) is 0 Å². The minimum Gasteiger partial charge on any atom is -0.399 e. The molecule has 2 rings (SSSR count). The Kier molecular flexibility index (Phi) is 5.33. The molecule has 1 aromatic carbocycles. The van der Waals surface area contributed by atoms with Crippen LogP contribution in [0, 0.1) is 5.92 Å². The zero-order valence-corrected chi connectivity index (χ0v) is 12.4. The summed E-state index contributed by atoms with van der Waals surface area (Å²) in [5, 5.41) is 0. The van der Waals surface area contributed by atoms with Crippen LogP contribution in [-0.4, -0.2) is 25.0 Å². The van der Waals surface area contributed by atoms with Crippen LogP contribution in [-0.2, 0) is 14.3 Å². The van der Waals surface area contributed by atoms with E-state index >= 15 is 0 Å². The van der Waals surface area contributed by atoms with Gasteiger partial charge in [-0.3, -0.25) is 14.5 Å². The number of amides is 2. The largest absolute Gasteiger partial charge is 0.399 e. The van der Waals surface area contributed by atoms with E-state index in [9.17, 15) is 9.59 Å². The van der Waals surface area contributed by atoms with Gasteiger partial charge < -0.3 is 10.5 Å². The Morgan fingerprint density at radius 3 is 2.67 bits per heavy atom. The molecule has 1 aliphatic rings. The third kappa shape index (κ3) is 4.29. The van der Waals surface area contributed by atoms with E-state index in [0.717, 1.165) is 32.5 Å². The Morgan fingerprint density at radius 1 is 1.33 bits per heavy atom. The number of imide groups is 1. The molecule has 5 heteroatoms. The van der Waals surface area contributed by atoms with Gasteiger partial charge in [0.1, 0.15) is 0 Å². The standard InChI is InChI=1S/C16H22N2O3/c1-12(19)18(15-4-2-3-14(17)11-15)16(20)6-5-13-7-9-21-10-8-13/h2-4,11,13H,5-10,17H2,1H3. The lowest BCUT2D eigenvalue weighted by atomic mass is 9.94. The predicted octanol–water partition coefficient (Wildman–Crippen LogP) is 2.36. The highest BCUT2D eigenvalue weighted by atomic mass is 16.5. The number of hydrogen-bond acceptors (Lipinski definition) is 4. The summed E-state index contributed by atoms with van der Waals surface area (Å²) in [6.45, 7) is 2.94. The van der Waals surface area contributed by atoms with E-state index in [2.05, 4.69) is 0 Å². The lowest BCUT2D eigenvalue weighted by Crippen LogP contribution is -2.35. The molecule has 0 radical (unpaired) electrons. The molecule has 0 aromatic heterocycles. The number of anilines is 2. The molecule has 0 bridgehead atoms. The van der Waals surface area contributed by atoms with Gasteiger partial charge in [0.15, 0.2) is 0 Å². The van der Waals surface area contributed by atoms with Crippen LogP contribution in [0.3, 0.4) is 0 Å². The van der Waals surface area contributed by atoms with Gasteiger partial charge in [-0.2, -0.15) is 0 Å².